The third-order valence-corrected chi connectivity index (χ3v) is 8.96. The van der Waals surface area contributed by atoms with Gasteiger partial charge in [0.05, 0.1) is 26.1 Å². The molecule has 0 aromatic heterocycles. The molecule has 2 atom stereocenters. The van der Waals surface area contributed by atoms with Crippen LogP contribution in [-0.2, 0) is 22.4 Å². The van der Waals surface area contributed by atoms with Gasteiger partial charge in [-0.2, -0.15) is 0 Å². The first kappa shape index (κ1) is 51.0. The molecule has 0 spiro atoms. The van der Waals surface area contributed by atoms with Gasteiger partial charge in [-0.05, 0) is 121 Å². The van der Waals surface area contributed by atoms with Crippen molar-refractivity contribution in [1.29, 1.82) is 0 Å². The quantitative estimate of drug-likeness (QED) is 0.136. The van der Waals surface area contributed by atoms with Crippen LogP contribution in [0.15, 0.2) is 97.1 Å². The lowest BCUT2D eigenvalue weighted by atomic mass is 10.0. The summed E-state index contributed by atoms with van der Waals surface area (Å²) in [6.45, 7) is 7.39. The Kier molecular flexibility index (Phi) is 23.4. The molecule has 4 aliphatic carbocycles. The normalized spacial score (nSPS) is 14.9. The lowest BCUT2D eigenvalue weighted by Crippen LogP contribution is -2.17. The molecule has 0 heterocycles. The minimum absolute atomic E-state index is 0.123. The molecule has 4 aromatic rings. The van der Waals surface area contributed by atoms with Crippen molar-refractivity contribution in [1.82, 2.24) is 0 Å². The number of hydrogen-bond donors (Lipinski definition) is 3. The molecule has 8 rings (SSSR count). The van der Waals surface area contributed by atoms with Crippen molar-refractivity contribution < 1.29 is 52.3 Å². The molecule has 4 saturated carbocycles. The number of ether oxygens (including phenoxy) is 3. The summed E-state index contributed by atoms with van der Waals surface area (Å²) in [5, 5.41) is 26.6. The zero-order valence-electron chi connectivity index (χ0n) is 36.0. The zero-order valence-corrected chi connectivity index (χ0v) is 36.0. The number of methoxy groups -OCH3 is 2. The minimum atomic E-state index is -4.60. The smallest absolute Gasteiger partial charge is 0.508 e. The SMILES string of the molecule is C1CC1.C1CC1.CC.COc1cccc(CC(C)C(=O)O)c1.COc1cccc(CC(C)C(=O)O)c1.FC(F)(F)Oc1cccc(C2CC2)c1.Oc1cccc(C2CC2)c1. The monoisotopic (exact) mass is 838 g/mol. The van der Waals surface area contributed by atoms with Crippen molar-refractivity contribution >= 4 is 11.9 Å². The highest BCUT2D eigenvalue weighted by molar-refractivity contribution is 5.70. The second-order valence-electron chi connectivity index (χ2n) is 15.0. The van der Waals surface area contributed by atoms with Crippen molar-refractivity contribution in [2.45, 2.75) is 123 Å². The maximum Gasteiger partial charge on any atom is 0.573 e. The summed E-state index contributed by atoms with van der Waals surface area (Å²) in [7, 11) is 3.19. The standard InChI is InChI=1S/2C11H14O3.C10H9F3O.C9H10O.2C3H6.C2H6/c2*1-8(11(12)13)6-9-4-3-5-10(7-9)14-2;11-10(12,13)14-9-3-1-2-8(6-9)7-4-5-7;10-9-3-1-2-8(6-9)7-4-5-7;2*1-2-3-1;1-2/h2*3-5,7-8H,6H2,1-2H3,(H,12,13);1-3,6-7H,4-5H2;1-3,6-7,10H,4-5H2;2*1-3H2;1-2H3. The lowest BCUT2D eigenvalue weighted by Gasteiger charge is -2.09. The topological polar surface area (TPSA) is 123 Å². The molecule has 2 unspecified atom stereocenters. The Balaban J connectivity index is 0.000000260. The summed E-state index contributed by atoms with van der Waals surface area (Å²) in [6, 6.07) is 28.7. The maximum atomic E-state index is 11.9. The molecule has 0 amide bonds. The van der Waals surface area contributed by atoms with Gasteiger partial charge in [0.1, 0.15) is 23.0 Å². The zero-order chi connectivity index (χ0) is 44.5. The number of aliphatic carboxylic acids is 2. The highest BCUT2D eigenvalue weighted by Crippen LogP contribution is 2.42. The molecule has 4 aromatic carbocycles. The van der Waals surface area contributed by atoms with E-state index in [1.807, 2.05) is 80.6 Å². The van der Waals surface area contributed by atoms with Crippen molar-refractivity contribution in [3.05, 3.63) is 119 Å². The van der Waals surface area contributed by atoms with Crippen LogP contribution in [0.25, 0.3) is 0 Å². The minimum Gasteiger partial charge on any atom is -0.508 e. The van der Waals surface area contributed by atoms with Gasteiger partial charge >= 0.3 is 18.3 Å². The maximum absolute atomic E-state index is 11.9. The third kappa shape index (κ3) is 24.7. The summed E-state index contributed by atoms with van der Waals surface area (Å²) >= 11 is 0. The molecule has 0 aliphatic heterocycles. The van der Waals surface area contributed by atoms with Gasteiger partial charge in [0.15, 0.2) is 0 Å². The van der Waals surface area contributed by atoms with Gasteiger partial charge in [0.25, 0.3) is 0 Å². The van der Waals surface area contributed by atoms with Crippen LogP contribution in [0.2, 0.25) is 0 Å². The first-order valence-corrected chi connectivity index (χ1v) is 21.0. The molecule has 11 heteroatoms. The fourth-order valence-electron chi connectivity index (χ4n) is 5.06. The van der Waals surface area contributed by atoms with E-state index in [0.29, 0.717) is 24.5 Å². The average molecular weight is 839 g/mol. The Bertz CT molecular complexity index is 1740. The Hall–Kier alpha value is -5.19. The second-order valence-corrected chi connectivity index (χ2v) is 15.0. The molecule has 4 fully saturated rings. The van der Waals surface area contributed by atoms with Crippen LogP contribution in [0.1, 0.15) is 126 Å². The first-order valence-electron chi connectivity index (χ1n) is 21.0. The highest BCUT2D eigenvalue weighted by atomic mass is 19.4. The number of phenols is 1. The Morgan fingerprint density at radius 3 is 1.30 bits per heavy atom. The van der Waals surface area contributed by atoms with Crippen molar-refractivity contribution in [3.8, 4) is 23.0 Å². The lowest BCUT2D eigenvalue weighted by molar-refractivity contribution is -0.274. The molecule has 0 bridgehead atoms. The highest BCUT2D eigenvalue weighted by Gasteiger charge is 2.32. The van der Waals surface area contributed by atoms with Gasteiger partial charge in [-0.15, -0.1) is 13.2 Å². The fraction of sp³-hybridized carbons (Fsp3) is 0.469. The van der Waals surface area contributed by atoms with Gasteiger partial charge in [0, 0.05) is 0 Å². The van der Waals surface area contributed by atoms with E-state index < -0.39 is 18.3 Å². The van der Waals surface area contributed by atoms with Gasteiger partial charge < -0.3 is 29.5 Å². The Morgan fingerprint density at radius 2 is 0.967 bits per heavy atom. The van der Waals surface area contributed by atoms with E-state index in [1.165, 1.54) is 69.1 Å². The Labute approximate surface area is 354 Å². The summed E-state index contributed by atoms with van der Waals surface area (Å²) in [5.74, 6) is 0.718. The van der Waals surface area contributed by atoms with Gasteiger partial charge in [0.2, 0.25) is 0 Å². The number of carboxylic acids is 2. The number of aromatic hydroxyl groups is 1. The molecule has 0 radical (unpaired) electrons. The summed E-state index contributed by atoms with van der Waals surface area (Å²) < 4.78 is 49.5. The average Bonchev–Trinajstić information content (AvgIpc) is 4.05. The number of rotatable bonds is 11. The van der Waals surface area contributed by atoms with Crippen molar-refractivity contribution in [3.63, 3.8) is 0 Å². The number of phenolic OH excluding ortho intramolecular Hbond substituents is 1. The molecular formula is C49H65F3O8. The van der Waals surface area contributed by atoms with Crippen LogP contribution < -0.4 is 14.2 Å². The van der Waals surface area contributed by atoms with E-state index in [4.69, 9.17) is 24.8 Å². The van der Waals surface area contributed by atoms with Crippen molar-refractivity contribution in [2.24, 2.45) is 11.8 Å². The molecule has 8 nitrogen and oxygen atoms in total. The number of hydrogen-bond acceptors (Lipinski definition) is 6. The van der Waals surface area contributed by atoms with Crippen LogP contribution in [0.4, 0.5) is 13.2 Å². The van der Waals surface area contributed by atoms with Crippen LogP contribution in [-0.4, -0.2) is 47.8 Å². The van der Waals surface area contributed by atoms with Gasteiger partial charge in [-0.3, -0.25) is 9.59 Å². The number of halogens is 3. The van der Waals surface area contributed by atoms with E-state index in [2.05, 4.69) is 10.8 Å². The van der Waals surface area contributed by atoms with Gasteiger partial charge in [-0.1, -0.05) is 115 Å². The number of carbonyl (C=O) groups is 2. The third-order valence-electron chi connectivity index (χ3n) is 8.96. The molecule has 0 saturated heterocycles. The van der Waals surface area contributed by atoms with Crippen LogP contribution in [0.3, 0.4) is 0 Å². The van der Waals surface area contributed by atoms with E-state index in [1.54, 1.807) is 40.2 Å². The largest absolute Gasteiger partial charge is 0.573 e. The first-order chi connectivity index (χ1) is 28.7. The van der Waals surface area contributed by atoms with Gasteiger partial charge in [-0.25, -0.2) is 0 Å². The molecule has 4 aliphatic rings. The van der Waals surface area contributed by atoms with Crippen LogP contribution in [0.5, 0.6) is 23.0 Å². The van der Waals surface area contributed by atoms with E-state index in [9.17, 15) is 22.8 Å². The second kappa shape index (κ2) is 27.5. The van der Waals surface area contributed by atoms with Crippen LogP contribution in [0, 0.1) is 11.8 Å². The number of benzene rings is 4. The van der Waals surface area contributed by atoms with E-state index in [-0.39, 0.29) is 17.6 Å². The summed E-state index contributed by atoms with van der Waals surface area (Å²) in [6.07, 6.45) is 10.2. The summed E-state index contributed by atoms with van der Waals surface area (Å²) in [5.41, 5.74) is 4.20. The number of carboxylic acid groups (broad SMARTS) is 2. The molecule has 60 heavy (non-hydrogen) atoms. The van der Waals surface area contributed by atoms with Crippen LogP contribution >= 0.6 is 0 Å². The Morgan fingerprint density at radius 1 is 0.600 bits per heavy atom. The van der Waals surface area contributed by atoms with E-state index in [0.717, 1.165) is 46.9 Å². The predicted octanol–water partition coefficient (Wildman–Crippen LogP) is 13.0. The predicted molar refractivity (Wildman–Crippen MR) is 231 cm³/mol. The number of alkyl halides is 3. The molecule has 3 N–H and O–H groups in total. The van der Waals surface area contributed by atoms with E-state index >= 15 is 0 Å². The summed E-state index contributed by atoms with van der Waals surface area (Å²) in [4.78, 5) is 21.3. The van der Waals surface area contributed by atoms with Crippen molar-refractivity contribution in [2.75, 3.05) is 14.2 Å². The fourth-order valence-corrected chi connectivity index (χ4v) is 5.06. The molecule has 330 valence electrons. The molecular weight excluding hydrogens is 774 g/mol.